The van der Waals surface area contributed by atoms with E-state index in [-0.39, 0.29) is 12.0 Å². The molecule has 0 amide bonds. The highest BCUT2D eigenvalue weighted by molar-refractivity contribution is 6.29. The molecule has 1 fully saturated rings. The molecule has 0 radical (unpaired) electrons. The molecule has 1 atom stereocenters. The normalized spacial score (nSPS) is 17.6. The lowest BCUT2D eigenvalue weighted by Crippen LogP contribution is -2.00. The van der Waals surface area contributed by atoms with E-state index in [1.165, 1.54) is 0 Å². The standard InChI is InChI=1S/C17H12ClN7O2/c18-17-19-8-12-24(17)10-5-2-1-4-9(10)14-21-22-15(25(12)14)16-20-13(23-27-16)11-6-3-7-26-11/h1-2,4-5,8,11H,3,6-7H2. The van der Waals surface area contributed by atoms with Gasteiger partial charge in [0.05, 0.1) is 11.7 Å². The average molecular weight is 382 g/mol. The summed E-state index contributed by atoms with van der Waals surface area (Å²) < 4.78 is 14.8. The molecule has 5 aromatic rings. The van der Waals surface area contributed by atoms with Crippen LogP contribution in [0.3, 0.4) is 0 Å². The molecule has 1 aliphatic rings. The van der Waals surface area contributed by atoms with Crippen molar-refractivity contribution in [2.75, 3.05) is 6.61 Å². The Bertz CT molecular complexity index is 1320. The van der Waals surface area contributed by atoms with Crippen molar-refractivity contribution in [3.63, 3.8) is 0 Å². The van der Waals surface area contributed by atoms with E-state index in [0.29, 0.717) is 34.8 Å². The smallest absolute Gasteiger partial charge is 0.296 e. The molecule has 1 aliphatic heterocycles. The Labute approximate surface area is 156 Å². The van der Waals surface area contributed by atoms with Gasteiger partial charge in [0.2, 0.25) is 16.9 Å². The molecule has 0 bridgehead atoms. The maximum Gasteiger partial charge on any atom is 0.296 e. The molecule has 4 aromatic heterocycles. The lowest BCUT2D eigenvalue weighted by Gasteiger charge is -2.06. The number of halogens is 1. The fourth-order valence-corrected chi connectivity index (χ4v) is 3.84. The average Bonchev–Trinajstić information content (AvgIpc) is 3.46. The Morgan fingerprint density at radius 3 is 2.96 bits per heavy atom. The van der Waals surface area contributed by atoms with E-state index < -0.39 is 0 Å². The Morgan fingerprint density at radius 1 is 1.15 bits per heavy atom. The van der Waals surface area contributed by atoms with Gasteiger partial charge in [-0.3, -0.25) is 8.80 Å². The van der Waals surface area contributed by atoms with Gasteiger partial charge in [-0.15, -0.1) is 10.2 Å². The first kappa shape index (κ1) is 15.1. The van der Waals surface area contributed by atoms with Gasteiger partial charge >= 0.3 is 0 Å². The summed E-state index contributed by atoms with van der Waals surface area (Å²) in [5.41, 5.74) is 2.28. The van der Waals surface area contributed by atoms with Crippen LogP contribution in [-0.4, -0.2) is 40.7 Å². The Kier molecular flexibility index (Phi) is 3.06. The number of para-hydroxylation sites is 1. The molecular weight excluding hydrogens is 370 g/mol. The highest BCUT2D eigenvalue weighted by Crippen LogP contribution is 2.30. The fraction of sp³-hybridized carbons (Fsp3) is 0.235. The first-order valence-electron chi connectivity index (χ1n) is 8.55. The summed E-state index contributed by atoms with van der Waals surface area (Å²) in [5.74, 6) is 1.25. The van der Waals surface area contributed by atoms with Crippen LogP contribution in [0.25, 0.3) is 33.9 Å². The first-order chi connectivity index (χ1) is 13.3. The number of fused-ring (bicyclic) bond motifs is 6. The number of benzene rings is 1. The largest absolute Gasteiger partial charge is 0.370 e. The van der Waals surface area contributed by atoms with Gasteiger partial charge in [0.15, 0.2) is 5.65 Å². The number of aromatic nitrogens is 7. The maximum atomic E-state index is 6.34. The second kappa shape index (κ2) is 5.48. The van der Waals surface area contributed by atoms with E-state index in [9.17, 15) is 0 Å². The minimum Gasteiger partial charge on any atom is -0.370 e. The van der Waals surface area contributed by atoms with E-state index in [2.05, 4.69) is 25.3 Å². The van der Waals surface area contributed by atoms with Crippen molar-refractivity contribution < 1.29 is 9.26 Å². The van der Waals surface area contributed by atoms with Crippen molar-refractivity contribution in [3.05, 3.63) is 41.6 Å². The summed E-state index contributed by atoms with van der Waals surface area (Å²) in [6.45, 7) is 0.712. The van der Waals surface area contributed by atoms with Crippen molar-refractivity contribution in [1.82, 2.24) is 34.1 Å². The summed E-state index contributed by atoms with van der Waals surface area (Å²) in [5, 5.41) is 14.0. The van der Waals surface area contributed by atoms with Crippen molar-refractivity contribution in [2.24, 2.45) is 0 Å². The van der Waals surface area contributed by atoms with Crippen molar-refractivity contribution in [1.29, 1.82) is 0 Å². The van der Waals surface area contributed by atoms with E-state index in [1.54, 1.807) is 6.20 Å². The summed E-state index contributed by atoms with van der Waals surface area (Å²) in [4.78, 5) is 8.73. The number of hydrogen-bond donors (Lipinski definition) is 0. The zero-order valence-corrected chi connectivity index (χ0v) is 14.7. The zero-order valence-electron chi connectivity index (χ0n) is 13.9. The predicted octanol–water partition coefficient (Wildman–Crippen LogP) is 3.09. The van der Waals surface area contributed by atoms with E-state index in [1.807, 2.05) is 33.1 Å². The zero-order chi connectivity index (χ0) is 18.0. The van der Waals surface area contributed by atoms with Crippen molar-refractivity contribution >= 4 is 33.8 Å². The molecule has 1 saturated heterocycles. The van der Waals surface area contributed by atoms with Gasteiger partial charge in [0.25, 0.3) is 5.89 Å². The van der Waals surface area contributed by atoms with Gasteiger partial charge < -0.3 is 9.26 Å². The van der Waals surface area contributed by atoms with Crippen LogP contribution in [0.15, 0.2) is 35.0 Å². The van der Waals surface area contributed by atoms with Crippen molar-refractivity contribution in [2.45, 2.75) is 18.9 Å². The summed E-state index contributed by atoms with van der Waals surface area (Å²) in [6.07, 6.45) is 3.41. The number of nitrogens with zero attached hydrogens (tertiary/aromatic N) is 7. The van der Waals surface area contributed by atoms with Crippen LogP contribution in [-0.2, 0) is 4.74 Å². The third kappa shape index (κ3) is 2.06. The SMILES string of the molecule is Clc1ncc2n1c1ccccc1c1nnc(-c3nc(C4CCCO4)no3)n12. The monoisotopic (exact) mass is 381 g/mol. The van der Waals surface area contributed by atoms with Crippen molar-refractivity contribution in [3.8, 4) is 11.7 Å². The molecule has 10 heteroatoms. The topological polar surface area (TPSA) is 95.6 Å². The highest BCUT2D eigenvalue weighted by atomic mass is 35.5. The number of rotatable bonds is 2. The fourth-order valence-electron chi connectivity index (χ4n) is 3.61. The molecule has 5 heterocycles. The highest BCUT2D eigenvalue weighted by Gasteiger charge is 2.26. The molecule has 0 spiro atoms. The van der Waals surface area contributed by atoms with Crippen LogP contribution < -0.4 is 0 Å². The number of ether oxygens (including phenoxy) is 1. The van der Waals surface area contributed by atoms with Crippen LogP contribution in [0, 0.1) is 0 Å². The predicted molar refractivity (Wildman–Crippen MR) is 95.5 cm³/mol. The van der Waals surface area contributed by atoms with Crippen LogP contribution in [0.2, 0.25) is 5.28 Å². The lowest BCUT2D eigenvalue weighted by molar-refractivity contribution is 0.103. The Morgan fingerprint density at radius 2 is 2.07 bits per heavy atom. The quantitative estimate of drug-likeness (QED) is 0.463. The molecule has 9 nitrogen and oxygen atoms in total. The van der Waals surface area contributed by atoms with E-state index in [4.69, 9.17) is 20.9 Å². The summed E-state index contributed by atoms with van der Waals surface area (Å²) in [6, 6.07) is 7.81. The van der Waals surface area contributed by atoms with Gasteiger partial charge in [0, 0.05) is 12.0 Å². The van der Waals surface area contributed by atoms with Gasteiger partial charge in [-0.1, -0.05) is 17.3 Å². The molecule has 0 saturated carbocycles. The van der Waals surface area contributed by atoms with Gasteiger partial charge in [-0.25, -0.2) is 4.98 Å². The third-order valence-electron chi connectivity index (χ3n) is 4.83. The number of hydrogen-bond acceptors (Lipinski definition) is 7. The molecule has 1 unspecified atom stereocenters. The molecule has 1 aromatic carbocycles. The first-order valence-corrected chi connectivity index (χ1v) is 8.93. The molecule has 27 heavy (non-hydrogen) atoms. The van der Waals surface area contributed by atoms with Gasteiger partial charge in [0.1, 0.15) is 11.8 Å². The minimum absolute atomic E-state index is 0.132. The Hall–Kier alpha value is -3.04. The minimum atomic E-state index is -0.132. The van der Waals surface area contributed by atoms with Crippen LogP contribution in [0.1, 0.15) is 24.8 Å². The lowest BCUT2D eigenvalue weighted by atomic mass is 10.2. The molecule has 0 N–H and O–H groups in total. The van der Waals surface area contributed by atoms with Crippen LogP contribution in [0.4, 0.5) is 0 Å². The molecule has 0 aliphatic carbocycles. The van der Waals surface area contributed by atoms with E-state index in [0.717, 1.165) is 23.7 Å². The Balaban J connectivity index is 1.65. The van der Waals surface area contributed by atoms with Crippen LogP contribution >= 0.6 is 11.6 Å². The van der Waals surface area contributed by atoms with Gasteiger partial charge in [-0.05, 0) is 36.6 Å². The van der Waals surface area contributed by atoms with Gasteiger partial charge in [-0.2, -0.15) is 4.98 Å². The molecule has 134 valence electrons. The third-order valence-corrected chi connectivity index (χ3v) is 5.10. The summed E-state index contributed by atoms with van der Waals surface area (Å²) in [7, 11) is 0. The van der Waals surface area contributed by atoms with E-state index >= 15 is 0 Å². The maximum absolute atomic E-state index is 6.34. The number of imidazole rings is 1. The summed E-state index contributed by atoms with van der Waals surface area (Å²) >= 11 is 6.34. The molecule has 6 rings (SSSR count). The molecular formula is C17H12ClN7O2. The van der Waals surface area contributed by atoms with Crippen LogP contribution in [0.5, 0.6) is 0 Å². The second-order valence-electron chi connectivity index (χ2n) is 6.38. The second-order valence-corrected chi connectivity index (χ2v) is 6.72.